The molecule has 3 heterocycles. The second-order valence-electron chi connectivity index (χ2n) is 7.68. The topological polar surface area (TPSA) is 76.1 Å². The average Bonchev–Trinajstić information content (AvgIpc) is 3.06. The number of rotatable bonds is 0. The third-order valence-corrected chi connectivity index (χ3v) is 5.83. The molecule has 5 atom stereocenters. The summed E-state index contributed by atoms with van der Waals surface area (Å²) in [6, 6.07) is 0.110. The van der Waals surface area contributed by atoms with Crippen molar-refractivity contribution in [2.24, 2.45) is 11.8 Å². The largest absolute Gasteiger partial charge is 0.463 e. The zero-order chi connectivity index (χ0) is 17.5. The second kappa shape index (κ2) is 6.48. The van der Waals surface area contributed by atoms with E-state index >= 15 is 0 Å². The molecule has 0 aromatic rings. The maximum Gasteiger partial charge on any atom is 0.338 e. The van der Waals surface area contributed by atoms with Crippen molar-refractivity contribution >= 4 is 11.9 Å². The van der Waals surface area contributed by atoms with Gasteiger partial charge in [-0.05, 0) is 45.6 Å². The van der Waals surface area contributed by atoms with E-state index in [9.17, 15) is 14.7 Å². The Kier molecular flexibility index (Phi) is 4.71. The lowest BCUT2D eigenvalue weighted by Gasteiger charge is -2.29. The Hall–Kier alpha value is -1.40. The highest BCUT2D eigenvalue weighted by atomic mass is 16.6. The SMILES string of the molecule is CC1=CC(=O)O[C@@H]2CCN3CC[C@H](COC(=O)[C@](C)(O)[C@H](C)C1)[C@@H]23. The molecule has 3 aliphatic heterocycles. The molecule has 0 aromatic carbocycles. The smallest absolute Gasteiger partial charge is 0.338 e. The van der Waals surface area contributed by atoms with Crippen molar-refractivity contribution in [3.8, 4) is 0 Å². The summed E-state index contributed by atoms with van der Waals surface area (Å²) in [4.78, 5) is 26.9. The van der Waals surface area contributed by atoms with Crippen LogP contribution >= 0.6 is 0 Å². The first-order valence-electron chi connectivity index (χ1n) is 8.80. The summed E-state index contributed by atoms with van der Waals surface area (Å²) in [5, 5.41) is 10.6. The van der Waals surface area contributed by atoms with Gasteiger partial charge in [0.25, 0.3) is 0 Å². The standard InChI is InChI=1S/C18H27NO5/c1-11-8-12(2)18(3,22)17(21)23-10-13-4-6-19-7-5-14(16(13)19)24-15(20)9-11/h9,12-14,16,22H,4-8,10H2,1-3H3/t12-,13-,14-,16+,18-/m1/s1. The molecule has 3 rings (SSSR count). The number of ether oxygens (including phenoxy) is 2. The number of hydrogen-bond donors (Lipinski definition) is 1. The average molecular weight is 337 g/mol. The minimum absolute atomic E-state index is 0.110. The van der Waals surface area contributed by atoms with Crippen molar-refractivity contribution in [1.29, 1.82) is 0 Å². The minimum Gasteiger partial charge on any atom is -0.463 e. The van der Waals surface area contributed by atoms with Gasteiger partial charge in [0, 0.05) is 18.5 Å². The lowest BCUT2D eigenvalue weighted by atomic mass is 9.85. The third kappa shape index (κ3) is 3.22. The molecule has 6 nitrogen and oxygen atoms in total. The van der Waals surface area contributed by atoms with Gasteiger partial charge in [0.2, 0.25) is 0 Å². The molecule has 0 spiro atoms. The number of carbonyl (C=O) groups is 2. The quantitative estimate of drug-likeness (QED) is 0.671. The molecule has 134 valence electrons. The normalized spacial score (nSPS) is 41.4. The minimum atomic E-state index is -1.57. The number of aliphatic hydroxyl groups is 1. The van der Waals surface area contributed by atoms with Gasteiger partial charge >= 0.3 is 11.9 Å². The summed E-state index contributed by atoms with van der Waals surface area (Å²) in [5.74, 6) is -1.12. The second-order valence-corrected chi connectivity index (χ2v) is 7.68. The number of esters is 2. The van der Waals surface area contributed by atoms with Crippen LogP contribution in [0, 0.1) is 11.8 Å². The van der Waals surface area contributed by atoms with Crippen LogP contribution in [-0.2, 0) is 19.1 Å². The molecule has 0 bridgehead atoms. The first-order chi connectivity index (χ1) is 11.3. The zero-order valence-electron chi connectivity index (χ0n) is 14.7. The molecular formula is C18H27NO5. The van der Waals surface area contributed by atoms with Gasteiger partial charge < -0.3 is 14.6 Å². The van der Waals surface area contributed by atoms with E-state index < -0.39 is 11.6 Å². The Morgan fingerprint density at radius 3 is 2.75 bits per heavy atom. The van der Waals surface area contributed by atoms with Crippen molar-refractivity contribution < 1.29 is 24.2 Å². The maximum atomic E-state index is 12.4. The summed E-state index contributed by atoms with van der Waals surface area (Å²) in [7, 11) is 0. The van der Waals surface area contributed by atoms with Crippen molar-refractivity contribution in [2.45, 2.75) is 57.8 Å². The van der Waals surface area contributed by atoms with E-state index in [0.717, 1.165) is 31.5 Å². The van der Waals surface area contributed by atoms with Crippen LogP contribution in [0.5, 0.6) is 0 Å². The fourth-order valence-electron chi connectivity index (χ4n) is 4.18. The third-order valence-electron chi connectivity index (χ3n) is 5.83. The lowest BCUT2D eigenvalue weighted by molar-refractivity contribution is -0.171. The molecule has 6 heteroatoms. The molecule has 2 saturated heterocycles. The monoisotopic (exact) mass is 337 g/mol. The number of cyclic esters (lactones) is 1. The summed E-state index contributed by atoms with van der Waals surface area (Å²) in [6.07, 6.45) is 3.51. The van der Waals surface area contributed by atoms with Crippen molar-refractivity contribution in [2.75, 3.05) is 19.7 Å². The molecule has 24 heavy (non-hydrogen) atoms. The molecule has 2 fully saturated rings. The van der Waals surface area contributed by atoms with Gasteiger partial charge in [0.1, 0.15) is 6.10 Å². The van der Waals surface area contributed by atoms with Gasteiger partial charge in [0.15, 0.2) is 5.60 Å². The highest BCUT2D eigenvalue weighted by molar-refractivity contribution is 5.83. The number of nitrogens with zero attached hydrogens (tertiary/aromatic N) is 1. The van der Waals surface area contributed by atoms with Crippen LogP contribution in [0.1, 0.15) is 40.0 Å². The van der Waals surface area contributed by atoms with Gasteiger partial charge in [-0.15, -0.1) is 0 Å². The first-order valence-corrected chi connectivity index (χ1v) is 8.80. The van der Waals surface area contributed by atoms with E-state index in [0.29, 0.717) is 6.42 Å². The number of carbonyl (C=O) groups excluding carboxylic acids is 2. The van der Waals surface area contributed by atoms with Crippen LogP contribution < -0.4 is 0 Å². The summed E-state index contributed by atoms with van der Waals surface area (Å²) < 4.78 is 11.2. The number of hydrogen-bond acceptors (Lipinski definition) is 6. The van der Waals surface area contributed by atoms with Gasteiger partial charge in [-0.3, -0.25) is 4.90 Å². The first kappa shape index (κ1) is 17.4. The Labute approximate surface area is 142 Å². The molecule has 0 radical (unpaired) electrons. The van der Waals surface area contributed by atoms with Gasteiger partial charge in [0.05, 0.1) is 12.6 Å². The molecule has 3 aliphatic rings. The van der Waals surface area contributed by atoms with E-state index in [1.165, 1.54) is 13.0 Å². The van der Waals surface area contributed by atoms with Gasteiger partial charge in [-0.25, -0.2) is 9.59 Å². The molecule has 1 N–H and O–H groups in total. The molecule has 0 amide bonds. The van der Waals surface area contributed by atoms with Crippen molar-refractivity contribution in [3.05, 3.63) is 11.6 Å². The molecule has 0 saturated carbocycles. The highest BCUT2D eigenvalue weighted by Gasteiger charge is 2.47. The molecule has 0 unspecified atom stereocenters. The van der Waals surface area contributed by atoms with Crippen LogP contribution in [0.15, 0.2) is 11.6 Å². The van der Waals surface area contributed by atoms with Gasteiger partial charge in [-0.1, -0.05) is 12.5 Å². The van der Waals surface area contributed by atoms with E-state index in [1.54, 1.807) is 6.92 Å². The maximum absolute atomic E-state index is 12.4. The lowest BCUT2D eigenvalue weighted by Crippen LogP contribution is -2.44. The predicted molar refractivity (Wildman–Crippen MR) is 87.1 cm³/mol. The number of allylic oxidation sites excluding steroid dienone is 1. The molecule has 0 aliphatic carbocycles. The Bertz CT molecular complexity index is 556. The van der Waals surface area contributed by atoms with Crippen LogP contribution in [0.3, 0.4) is 0 Å². The molecular weight excluding hydrogens is 310 g/mol. The van der Waals surface area contributed by atoms with Crippen LogP contribution in [-0.4, -0.2) is 59.4 Å². The highest BCUT2D eigenvalue weighted by Crippen LogP contribution is 2.36. The van der Waals surface area contributed by atoms with Crippen molar-refractivity contribution in [1.82, 2.24) is 4.90 Å². The zero-order valence-corrected chi connectivity index (χ0v) is 14.7. The van der Waals surface area contributed by atoms with Crippen LogP contribution in [0.25, 0.3) is 0 Å². The Balaban J connectivity index is 1.86. The fourth-order valence-corrected chi connectivity index (χ4v) is 4.18. The van der Waals surface area contributed by atoms with E-state index in [-0.39, 0.29) is 36.6 Å². The van der Waals surface area contributed by atoms with E-state index in [4.69, 9.17) is 9.47 Å². The fraction of sp³-hybridized carbons (Fsp3) is 0.778. The summed E-state index contributed by atoms with van der Waals surface area (Å²) in [5.41, 5.74) is -0.780. The predicted octanol–water partition coefficient (Wildman–Crippen LogP) is 1.27. The Morgan fingerprint density at radius 2 is 2.00 bits per heavy atom. The van der Waals surface area contributed by atoms with Gasteiger partial charge in [-0.2, -0.15) is 0 Å². The Morgan fingerprint density at radius 1 is 1.29 bits per heavy atom. The summed E-state index contributed by atoms with van der Waals surface area (Å²) >= 11 is 0. The van der Waals surface area contributed by atoms with Crippen molar-refractivity contribution in [3.63, 3.8) is 0 Å². The van der Waals surface area contributed by atoms with Crippen LogP contribution in [0.4, 0.5) is 0 Å². The van der Waals surface area contributed by atoms with Crippen LogP contribution in [0.2, 0.25) is 0 Å². The summed E-state index contributed by atoms with van der Waals surface area (Å²) in [6.45, 7) is 7.20. The van der Waals surface area contributed by atoms with E-state index in [2.05, 4.69) is 4.90 Å². The van der Waals surface area contributed by atoms with E-state index in [1.807, 2.05) is 6.92 Å². The molecule has 0 aromatic heterocycles.